The number of carbonyl (C=O) groups is 2. The summed E-state index contributed by atoms with van der Waals surface area (Å²) in [7, 11) is 0. The van der Waals surface area contributed by atoms with Gasteiger partial charge in [-0.1, -0.05) is 149 Å². The van der Waals surface area contributed by atoms with Gasteiger partial charge < -0.3 is 14.6 Å². The van der Waals surface area contributed by atoms with E-state index in [9.17, 15) is 14.7 Å². The highest BCUT2D eigenvalue weighted by Gasteiger charge is 2.16. The first-order chi connectivity index (χ1) is 18.1. The first kappa shape index (κ1) is 35.9. The van der Waals surface area contributed by atoms with Gasteiger partial charge in [0, 0.05) is 12.8 Å². The Balaban J connectivity index is 3.55. The topological polar surface area (TPSA) is 72.8 Å². The van der Waals surface area contributed by atoms with Crippen LogP contribution in [0.3, 0.4) is 0 Å². The van der Waals surface area contributed by atoms with Crippen LogP contribution < -0.4 is 0 Å². The smallest absolute Gasteiger partial charge is 0.306 e. The second kappa shape index (κ2) is 29.5. The molecule has 5 heteroatoms. The highest BCUT2D eigenvalue weighted by atomic mass is 16.6. The number of ether oxygens (including phenoxy) is 2. The van der Waals surface area contributed by atoms with E-state index < -0.39 is 6.10 Å². The van der Waals surface area contributed by atoms with Crippen LogP contribution in [-0.4, -0.2) is 36.4 Å². The van der Waals surface area contributed by atoms with Crippen molar-refractivity contribution in [1.82, 2.24) is 0 Å². The lowest BCUT2D eigenvalue weighted by molar-refractivity contribution is -0.161. The van der Waals surface area contributed by atoms with E-state index >= 15 is 0 Å². The predicted molar refractivity (Wildman–Crippen MR) is 155 cm³/mol. The zero-order valence-corrected chi connectivity index (χ0v) is 24.7. The summed E-state index contributed by atoms with van der Waals surface area (Å²) in [6, 6.07) is 0. The zero-order valence-electron chi connectivity index (χ0n) is 24.7. The molecule has 0 aromatic heterocycles. The molecule has 0 rings (SSSR count). The van der Waals surface area contributed by atoms with Crippen LogP contribution in [0, 0.1) is 0 Å². The molecular weight excluding hydrogens is 464 g/mol. The monoisotopic (exact) mass is 526 g/mol. The fourth-order valence-electron chi connectivity index (χ4n) is 4.67. The number of hydrogen-bond donors (Lipinski definition) is 1. The van der Waals surface area contributed by atoms with Gasteiger partial charge in [0.05, 0.1) is 6.61 Å². The number of aliphatic hydroxyl groups is 1. The van der Waals surface area contributed by atoms with Gasteiger partial charge in [-0.05, 0) is 12.8 Å². The van der Waals surface area contributed by atoms with E-state index in [1.165, 1.54) is 109 Å². The van der Waals surface area contributed by atoms with Crippen LogP contribution in [0.15, 0.2) is 0 Å². The number of unbranched alkanes of at least 4 members (excludes halogenated alkanes) is 21. The molecule has 0 bridgehead atoms. The summed E-state index contributed by atoms with van der Waals surface area (Å²) < 4.78 is 10.5. The third kappa shape index (κ3) is 27.7. The van der Waals surface area contributed by atoms with Crippen LogP contribution in [-0.2, 0) is 19.1 Å². The summed E-state index contributed by atoms with van der Waals surface area (Å²) >= 11 is 0. The van der Waals surface area contributed by atoms with Crippen molar-refractivity contribution in [3.63, 3.8) is 0 Å². The second-order valence-electron chi connectivity index (χ2n) is 10.9. The lowest BCUT2D eigenvalue weighted by atomic mass is 10.0. The summed E-state index contributed by atoms with van der Waals surface area (Å²) in [4.78, 5) is 24.0. The van der Waals surface area contributed by atoms with Gasteiger partial charge in [-0.15, -0.1) is 0 Å². The van der Waals surface area contributed by atoms with Crippen molar-refractivity contribution in [2.24, 2.45) is 0 Å². The van der Waals surface area contributed by atoms with Crippen LogP contribution in [0.5, 0.6) is 0 Å². The third-order valence-electron chi connectivity index (χ3n) is 7.15. The molecule has 0 heterocycles. The molecule has 1 atom stereocenters. The molecule has 0 fully saturated rings. The van der Waals surface area contributed by atoms with Crippen LogP contribution in [0.1, 0.15) is 174 Å². The molecule has 0 aromatic rings. The first-order valence-corrected chi connectivity index (χ1v) is 16.1. The van der Waals surface area contributed by atoms with Crippen LogP contribution in [0.25, 0.3) is 0 Å². The Morgan fingerprint density at radius 3 is 1.19 bits per heavy atom. The number of rotatable bonds is 29. The van der Waals surface area contributed by atoms with E-state index in [1.54, 1.807) is 0 Å². The first-order valence-electron chi connectivity index (χ1n) is 16.1. The fraction of sp³-hybridized carbons (Fsp3) is 0.938. The van der Waals surface area contributed by atoms with Crippen LogP contribution in [0.4, 0.5) is 0 Å². The maximum absolute atomic E-state index is 12.0. The highest BCUT2D eigenvalue weighted by molar-refractivity contribution is 5.70. The molecule has 0 saturated carbocycles. The van der Waals surface area contributed by atoms with Gasteiger partial charge in [-0.2, -0.15) is 0 Å². The van der Waals surface area contributed by atoms with Gasteiger partial charge in [0.2, 0.25) is 0 Å². The zero-order chi connectivity index (χ0) is 27.2. The Morgan fingerprint density at radius 1 is 0.514 bits per heavy atom. The third-order valence-corrected chi connectivity index (χ3v) is 7.15. The number of aliphatic hydroxyl groups excluding tert-OH is 1. The van der Waals surface area contributed by atoms with Gasteiger partial charge in [0.15, 0.2) is 6.10 Å². The van der Waals surface area contributed by atoms with Crippen molar-refractivity contribution < 1.29 is 24.2 Å². The average molecular weight is 527 g/mol. The summed E-state index contributed by atoms with van der Waals surface area (Å²) in [5.41, 5.74) is 0. The summed E-state index contributed by atoms with van der Waals surface area (Å²) in [5, 5.41) is 9.47. The summed E-state index contributed by atoms with van der Waals surface area (Å²) in [5.74, 6) is -0.584. The number of esters is 2. The minimum absolute atomic E-state index is 0.0580. The fourth-order valence-corrected chi connectivity index (χ4v) is 4.67. The van der Waals surface area contributed by atoms with Crippen molar-refractivity contribution in [3.05, 3.63) is 0 Å². The molecule has 0 aliphatic rings. The quantitative estimate of drug-likeness (QED) is 0.0776. The van der Waals surface area contributed by atoms with Crippen molar-refractivity contribution in [2.45, 2.75) is 180 Å². The Morgan fingerprint density at radius 2 is 0.838 bits per heavy atom. The van der Waals surface area contributed by atoms with Gasteiger partial charge in [-0.25, -0.2) is 0 Å². The Bertz CT molecular complexity index is 494. The molecule has 0 aromatic carbocycles. The molecule has 1 N–H and O–H groups in total. The molecule has 0 saturated heterocycles. The molecular formula is C32H62O5. The largest absolute Gasteiger partial charge is 0.462 e. The van der Waals surface area contributed by atoms with Crippen molar-refractivity contribution >= 4 is 11.9 Å². The average Bonchev–Trinajstić information content (AvgIpc) is 2.90. The minimum atomic E-state index is -0.758. The molecule has 220 valence electrons. The molecule has 0 aliphatic carbocycles. The molecule has 0 amide bonds. The predicted octanol–water partition coefficient (Wildman–Crippen LogP) is 9.23. The van der Waals surface area contributed by atoms with E-state index in [4.69, 9.17) is 9.47 Å². The van der Waals surface area contributed by atoms with E-state index in [0.29, 0.717) is 12.8 Å². The Kier molecular flexibility index (Phi) is 28.6. The summed E-state index contributed by atoms with van der Waals surface area (Å²) in [6.07, 6.45) is 28.6. The van der Waals surface area contributed by atoms with E-state index in [-0.39, 0.29) is 25.2 Å². The van der Waals surface area contributed by atoms with Crippen LogP contribution in [0.2, 0.25) is 0 Å². The lowest BCUT2D eigenvalue weighted by Crippen LogP contribution is -2.28. The van der Waals surface area contributed by atoms with Crippen LogP contribution >= 0.6 is 0 Å². The number of carbonyl (C=O) groups excluding carboxylic acids is 2. The van der Waals surface area contributed by atoms with Gasteiger partial charge >= 0.3 is 11.9 Å². The van der Waals surface area contributed by atoms with E-state index in [0.717, 1.165) is 38.5 Å². The number of hydrogen-bond acceptors (Lipinski definition) is 5. The van der Waals surface area contributed by atoms with Gasteiger partial charge in [-0.3, -0.25) is 9.59 Å². The minimum Gasteiger partial charge on any atom is -0.462 e. The molecule has 0 radical (unpaired) electrons. The molecule has 5 nitrogen and oxygen atoms in total. The Labute approximate surface area is 229 Å². The van der Waals surface area contributed by atoms with Gasteiger partial charge in [0.25, 0.3) is 0 Å². The van der Waals surface area contributed by atoms with Crippen molar-refractivity contribution in [3.8, 4) is 0 Å². The Hall–Kier alpha value is -1.10. The maximum atomic E-state index is 12.0. The molecule has 0 spiro atoms. The van der Waals surface area contributed by atoms with E-state index in [2.05, 4.69) is 13.8 Å². The van der Waals surface area contributed by atoms with Crippen molar-refractivity contribution in [1.29, 1.82) is 0 Å². The van der Waals surface area contributed by atoms with E-state index in [1.807, 2.05) is 0 Å². The molecule has 37 heavy (non-hydrogen) atoms. The molecule has 1 unspecified atom stereocenters. The normalized spacial score (nSPS) is 12.0. The maximum Gasteiger partial charge on any atom is 0.306 e. The highest BCUT2D eigenvalue weighted by Crippen LogP contribution is 2.14. The van der Waals surface area contributed by atoms with Crippen molar-refractivity contribution in [2.75, 3.05) is 13.2 Å². The second-order valence-corrected chi connectivity index (χ2v) is 10.9. The standard InChI is InChI=1S/C32H62O5/c1-3-5-7-9-11-13-15-17-19-21-23-25-27-32(35)37-30(28-33)29-36-31(34)26-24-22-20-18-16-14-12-10-8-6-4-2/h30,33H,3-29H2,1-2H3. The lowest BCUT2D eigenvalue weighted by Gasteiger charge is -2.15. The molecule has 0 aliphatic heterocycles. The summed E-state index contributed by atoms with van der Waals surface area (Å²) in [6.45, 7) is 4.12. The SMILES string of the molecule is CCCCCCCCCCCCCCC(=O)OC(CO)COC(=O)CCCCCCCCCCCCC. The van der Waals surface area contributed by atoms with Gasteiger partial charge in [0.1, 0.15) is 6.61 Å².